The van der Waals surface area contributed by atoms with Gasteiger partial charge in [-0.05, 0) is 36.8 Å². The van der Waals surface area contributed by atoms with Crippen molar-refractivity contribution in [3.05, 3.63) is 24.4 Å². The zero-order chi connectivity index (χ0) is 9.97. The third-order valence-electron chi connectivity index (χ3n) is 2.83. The Bertz CT molecular complexity index is 276. The lowest BCUT2D eigenvalue weighted by atomic mass is 10.00. The molecule has 0 aromatic carbocycles. The maximum Gasteiger partial charge on any atom is 0.126 e. The van der Waals surface area contributed by atoms with E-state index in [0.717, 1.165) is 11.7 Å². The van der Waals surface area contributed by atoms with Crippen LogP contribution in [0.4, 0.5) is 5.82 Å². The minimum Gasteiger partial charge on any atom is -0.367 e. The zero-order valence-electron chi connectivity index (χ0n) is 8.90. The topological polar surface area (TPSA) is 24.9 Å². The fourth-order valence-corrected chi connectivity index (χ4v) is 1.90. The molecule has 0 spiro atoms. The van der Waals surface area contributed by atoms with Crippen LogP contribution in [0.3, 0.4) is 0 Å². The highest BCUT2D eigenvalue weighted by Crippen LogP contribution is 2.37. The van der Waals surface area contributed by atoms with E-state index in [2.05, 4.69) is 24.1 Å². The Labute approximate surface area is 85.7 Å². The second-order valence-corrected chi connectivity index (χ2v) is 4.47. The van der Waals surface area contributed by atoms with Crippen LogP contribution in [0.25, 0.3) is 0 Å². The first kappa shape index (κ1) is 9.50. The molecule has 1 fully saturated rings. The Kier molecular flexibility index (Phi) is 2.71. The van der Waals surface area contributed by atoms with E-state index in [0.29, 0.717) is 12.0 Å². The van der Waals surface area contributed by atoms with Gasteiger partial charge >= 0.3 is 0 Å². The van der Waals surface area contributed by atoms with Crippen molar-refractivity contribution in [3.63, 3.8) is 0 Å². The fourth-order valence-electron chi connectivity index (χ4n) is 1.90. The zero-order valence-corrected chi connectivity index (χ0v) is 8.90. The van der Waals surface area contributed by atoms with Gasteiger partial charge in [0.2, 0.25) is 0 Å². The summed E-state index contributed by atoms with van der Waals surface area (Å²) in [7, 11) is 0. The van der Waals surface area contributed by atoms with E-state index in [-0.39, 0.29) is 0 Å². The number of rotatable bonds is 4. The van der Waals surface area contributed by atoms with Gasteiger partial charge in [-0.15, -0.1) is 0 Å². The lowest BCUT2D eigenvalue weighted by Gasteiger charge is -2.22. The van der Waals surface area contributed by atoms with Crippen molar-refractivity contribution < 1.29 is 0 Å². The van der Waals surface area contributed by atoms with Gasteiger partial charge in [0.05, 0.1) is 0 Å². The molecule has 0 radical (unpaired) electrons. The van der Waals surface area contributed by atoms with Gasteiger partial charge in [0.15, 0.2) is 0 Å². The van der Waals surface area contributed by atoms with E-state index in [4.69, 9.17) is 0 Å². The van der Waals surface area contributed by atoms with Gasteiger partial charge in [-0.2, -0.15) is 0 Å². The van der Waals surface area contributed by atoms with Gasteiger partial charge in [0, 0.05) is 12.2 Å². The summed E-state index contributed by atoms with van der Waals surface area (Å²) in [4.78, 5) is 4.30. The molecular weight excluding hydrogens is 172 g/mol. The monoisotopic (exact) mass is 190 g/mol. The number of nitrogens with zero attached hydrogens (tertiary/aromatic N) is 1. The summed E-state index contributed by atoms with van der Waals surface area (Å²) in [5.74, 6) is 2.57. The highest BCUT2D eigenvalue weighted by molar-refractivity contribution is 5.35. The van der Waals surface area contributed by atoms with Crippen molar-refractivity contribution in [3.8, 4) is 0 Å². The van der Waals surface area contributed by atoms with Crippen molar-refractivity contribution in [2.75, 3.05) is 5.32 Å². The van der Waals surface area contributed by atoms with Gasteiger partial charge < -0.3 is 5.32 Å². The van der Waals surface area contributed by atoms with Crippen LogP contribution in [0, 0.1) is 11.8 Å². The SMILES string of the molecule is CC(C)C(Nc1ccccn1)C1CC1. The van der Waals surface area contributed by atoms with Crippen LogP contribution in [0.5, 0.6) is 0 Å². The van der Waals surface area contributed by atoms with Crippen molar-refractivity contribution in [1.82, 2.24) is 4.98 Å². The van der Waals surface area contributed by atoms with E-state index in [1.165, 1.54) is 12.8 Å². The molecule has 1 aromatic rings. The molecule has 2 heteroatoms. The van der Waals surface area contributed by atoms with Gasteiger partial charge in [-0.1, -0.05) is 19.9 Å². The molecule has 0 amide bonds. The highest BCUT2D eigenvalue weighted by atomic mass is 15.0. The largest absolute Gasteiger partial charge is 0.367 e. The average Bonchev–Trinajstić information content (AvgIpc) is 2.99. The predicted octanol–water partition coefficient (Wildman–Crippen LogP) is 2.93. The summed E-state index contributed by atoms with van der Waals surface area (Å²) < 4.78 is 0. The Morgan fingerprint density at radius 3 is 2.64 bits per heavy atom. The third-order valence-corrected chi connectivity index (χ3v) is 2.83. The normalized spacial score (nSPS) is 18.2. The minimum atomic E-state index is 0.602. The smallest absolute Gasteiger partial charge is 0.126 e. The molecule has 1 heterocycles. The lowest BCUT2D eigenvalue weighted by molar-refractivity contribution is 0.475. The van der Waals surface area contributed by atoms with Gasteiger partial charge in [0.1, 0.15) is 5.82 Å². The number of aromatic nitrogens is 1. The minimum absolute atomic E-state index is 0.602. The van der Waals surface area contributed by atoms with Crippen molar-refractivity contribution in [2.24, 2.45) is 11.8 Å². The molecule has 1 N–H and O–H groups in total. The van der Waals surface area contributed by atoms with Crippen molar-refractivity contribution in [1.29, 1.82) is 0 Å². The van der Waals surface area contributed by atoms with Gasteiger partial charge in [-0.25, -0.2) is 4.98 Å². The third kappa shape index (κ3) is 2.25. The van der Waals surface area contributed by atoms with Crippen molar-refractivity contribution >= 4 is 5.82 Å². The van der Waals surface area contributed by atoms with E-state index in [1.54, 1.807) is 0 Å². The number of nitrogens with one attached hydrogen (secondary N) is 1. The molecule has 1 saturated carbocycles. The molecule has 76 valence electrons. The van der Waals surface area contributed by atoms with Crippen molar-refractivity contribution in [2.45, 2.75) is 32.7 Å². The summed E-state index contributed by atoms with van der Waals surface area (Å²) in [6.07, 6.45) is 4.60. The Balaban J connectivity index is 2.00. The molecule has 1 atom stereocenters. The number of hydrogen-bond donors (Lipinski definition) is 1. The molecule has 1 aliphatic rings. The molecule has 14 heavy (non-hydrogen) atoms. The lowest BCUT2D eigenvalue weighted by Crippen LogP contribution is -2.28. The van der Waals surface area contributed by atoms with Crippen LogP contribution in [-0.4, -0.2) is 11.0 Å². The number of pyridine rings is 1. The second-order valence-electron chi connectivity index (χ2n) is 4.47. The van der Waals surface area contributed by atoms with Crippen LogP contribution < -0.4 is 5.32 Å². The molecular formula is C12H18N2. The average molecular weight is 190 g/mol. The fraction of sp³-hybridized carbons (Fsp3) is 0.583. The Morgan fingerprint density at radius 2 is 2.14 bits per heavy atom. The molecule has 0 aliphatic heterocycles. The first-order valence-electron chi connectivity index (χ1n) is 5.45. The molecule has 1 aliphatic carbocycles. The van der Waals surface area contributed by atoms with Crippen LogP contribution in [0.2, 0.25) is 0 Å². The maximum absolute atomic E-state index is 4.30. The summed E-state index contributed by atoms with van der Waals surface area (Å²) in [5.41, 5.74) is 0. The first-order valence-corrected chi connectivity index (χ1v) is 5.45. The van der Waals surface area contributed by atoms with Crippen LogP contribution in [-0.2, 0) is 0 Å². The maximum atomic E-state index is 4.30. The Hall–Kier alpha value is -1.05. The van der Waals surface area contributed by atoms with Gasteiger partial charge in [-0.3, -0.25) is 0 Å². The quantitative estimate of drug-likeness (QED) is 0.789. The van der Waals surface area contributed by atoms with Gasteiger partial charge in [0.25, 0.3) is 0 Å². The summed E-state index contributed by atoms with van der Waals surface area (Å²) in [6, 6.07) is 6.62. The molecule has 1 aromatic heterocycles. The van der Waals surface area contributed by atoms with E-state index in [1.807, 2.05) is 24.4 Å². The summed E-state index contributed by atoms with van der Waals surface area (Å²) in [6.45, 7) is 4.55. The molecule has 0 bridgehead atoms. The standard InChI is InChI=1S/C12H18N2/c1-9(2)12(10-6-7-10)14-11-5-3-4-8-13-11/h3-5,8-10,12H,6-7H2,1-2H3,(H,13,14). The van der Waals surface area contributed by atoms with E-state index in [9.17, 15) is 0 Å². The molecule has 1 unspecified atom stereocenters. The summed E-state index contributed by atoms with van der Waals surface area (Å²) in [5, 5.41) is 3.53. The molecule has 2 nitrogen and oxygen atoms in total. The summed E-state index contributed by atoms with van der Waals surface area (Å²) >= 11 is 0. The molecule has 0 saturated heterocycles. The molecule has 2 rings (SSSR count). The highest BCUT2D eigenvalue weighted by Gasteiger charge is 2.33. The first-order chi connectivity index (χ1) is 6.77. The predicted molar refractivity (Wildman–Crippen MR) is 59.2 cm³/mol. The Morgan fingerprint density at radius 1 is 1.36 bits per heavy atom. The van der Waals surface area contributed by atoms with Crippen LogP contribution in [0.1, 0.15) is 26.7 Å². The van der Waals surface area contributed by atoms with E-state index < -0.39 is 0 Å². The number of hydrogen-bond acceptors (Lipinski definition) is 2. The van der Waals surface area contributed by atoms with Crippen LogP contribution in [0.15, 0.2) is 24.4 Å². The second kappa shape index (κ2) is 3.99. The van der Waals surface area contributed by atoms with E-state index >= 15 is 0 Å². The number of anilines is 1. The van der Waals surface area contributed by atoms with Crippen LogP contribution >= 0.6 is 0 Å².